The van der Waals surface area contributed by atoms with E-state index in [9.17, 15) is 32.3 Å². The highest BCUT2D eigenvalue weighted by Gasteiger charge is 2.32. The topological polar surface area (TPSA) is 193 Å². The van der Waals surface area contributed by atoms with Gasteiger partial charge in [-0.25, -0.2) is 0 Å². The maximum Gasteiger partial charge on any atom is 0.416 e. The molecule has 6 rings (SSSR count). The summed E-state index contributed by atoms with van der Waals surface area (Å²) in [5, 5.41) is 16.6. The van der Waals surface area contributed by atoms with E-state index in [1.54, 1.807) is 33.7 Å². The van der Waals surface area contributed by atoms with Gasteiger partial charge in [-0.3, -0.25) is 19.2 Å². The van der Waals surface area contributed by atoms with E-state index < -0.39 is 35.7 Å². The van der Waals surface area contributed by atoms with Crippen molar-refractivity contribution < 1.29 is 32.3 Å². The largest absolute Gasteiger partial charge is 0.416 e. The number of amides is 3. The van der Waals surface area contributed by atoms with Crippen LogP contribution in [0.3, 0.4) is 0 Å². The van der Waals surface area contributed by atoms with Crippen molar-refractivity contribution in [1.29, 1.82) is 5.41 Å². The number of nitrogens with one attached hydrogen (secondary N) is 3. The lowest BCUT2D eigenvalue weighted by molar-refractivity contribution is -0.137. The third-order valence-corrected chi connectivity index (χ3v) is 9.41. The van der Waals surface area contributed by atoms with Crippen LogP contribution in [0.5, 0.6) is 0 Å². The number of benzene rings is 2. The summed E-state index contributed by atoms with van der Waals surface area (Å²) in [5.74, 6) is -1.30. The van der Waals surface area contributed by atoms with E-state index in [1.807, 2.05) is 17.9 Å². The summed E-state index contributed by atoms with van der Waals surface area (Å²) in [4.78, 5) is 62.1. The number of rotatable bonds is 10. The number of para-hydroxylation sites is 1. The Labute approximate surface area is 316 Å². The summed E-state index contributed by atoms with van der Waals surface area (Å²) < 4.78 is 47.8. The van der Waals surface area contributed by atoms with Crippen molar-refractivity contribution in [3.05, 3.63) is 98.3 Å². The first-order valence-electron chi connectivity index (χ1n) is 17.2. The van der Waals surface area contributed by atoms with Gasteiger partial charge in [-0.05, 0) is 54.8 Å². The van der Waals surface area contributed by atoms with Gasteiger partial charge in [0.25, 0.3) is 17.4 Å². The molecule has 0 radical (unpaired) electrons. The molecule has 1 saturated heterocycles. The number of nitrogens with two attached hydrogens (primary N) is 1. The molecule has 0 spiro atoms. The second kappa shape index (κ2) is 16.2. The van der Waals surface area contributed by atoms with Crippen molar-refractivity contribution in [2.24, 2.45) is 5.73 Å². The Morgan fingerprint density at radius 3 is 2.47 bits per heavy atom. The lowest BCUT2D eigenvalue weighted by Gasteiger charge is -2.37. The maximum absolute atomic E-state index is 14.3. The first-order valence-corrected chi connectivity index (χ1v) is 17.6. The van der Waals surface area contributed by atoms with Crippen molar-refractivity contribution >= 4 is 63.9 Å². The van der Waals surface area contributed by atoms with Crippen LogP contribution in [0.15, 0.2) is 65.1 Å². The Bertz CT molecular complexity index is 2290. The maximum atomic E-state index is 14.3. The molecule has 2 aliphatic heterocycles. The second-order valence-corrected chi connectivity index (χ2v) is 13.0. The summed E-state index contributed by atoms with van der Waals surface area (Å²) in [7, 11) is 0. The number of nitrogens with zero attached hydrogens (tertiary/aromatic N) is 6. The number of hydrogen-bond donors (Lipinski definition) is 4. The Hall–Kier alpha value is -6.01. The Morgan fingerprint density at radius 2 is 1.82 bits per heavy atom. The van der Waals surface area contributed by atoms with Crippen molar-refractivity contribution in [2.45, 2.75) is 32.5 Å². The summed E-state index contributed by atoms with van der Waals surface area (Å²) in [6.07, 6.45) is -0.0329. The van der Waals surface area contributed by atoms with Gasteiger partial charge in [-0.15, -0.1) is 5.10 Å². The highest BCUT2D eigenvalue weighted by Crippen LogP contribution is 2.34. The first-order chi connectivity index (χ1) is 26.3. The van der Waals surface area contributed by atoms with Crippen LogP contribution in [0, 0.1) is 5.41 Å². The lowest BCUT2D eigenvalue weighted by atomic mass is 10.1. The second-order valence-electron chi connectivity index (χ2n) is 12.5. The number of anilines is 3. The Kier molecular flexibility index (Phi) is 11.4. The van der Waals surface area contributed by atoms with Crippen LogP contribution in [0.25, 0.3) is 11.4 Å². The van der Waals surface area contributed by atoms with Gasteiger partial charge in [0.1, 0.15) is 12.2 Å². The zero-order chi connectivity index (χ0) is 39.4. The van der Waals surface area contributed by atoms with Crippen molar-refractivity contribution in [2.75, 3.05) is 54.9 Å². The van der Waals surface area contributed by atoms with Gasteiger partial charge in [0.2, 0.25) is 11.7 Å². The average Bonchev–Trinajstić information content (AvgIpc) is 3.63. The minimum Gasteiger partial charge on any atom is -0.394 e. The molecule has 5 N–H and O–H groups in total. The number of allylic oxidation sites excluding steroid dienone is 1. The van der Waals surface area contributed by atoms with Crippen LogP contribution in [0.1, 0.15) is 40.8 Å². The van der Waals surface area contributed by atoms with Gasteiger partial charge in [0, 0.05) is 32.4 Å². The van der Waals surface area contributed by atoms with Gasteiger partial charge < -0.3 is 40.9 Å². The Morgan fingerprint density at radius 1 is 1.07 bits per heavy atom. The van der Waals surface area contributed by atoms with Gasteiger partial charge >= 0.3 is 6.18 Å². The fourth-order valence-corrected chi connectivity index (χ4v) is 6.59. The molecule has 288 valence electrons. The number of carbonyl (C=O) groups is 3. The third-order valence-electron chi connectivity index (χ3n) is 9.10. The smallest absolute Gasteiger partial charge is 0.394 e. The molecule has 19 heteroatoms. The number of halogens is 4. The molecule has 4 aromatic rings. The normalized spacial score (nSPS) is 15.1. The summed E-state index contributed by atoms with van der Waals surface area (Å²) in [5.41, 5.74) is 5.95. The van der Waals surface area contributed by atoms with Crippen LogP contribution < -0.4 is 26.8 Å². The summed E-state index contributed by atoms with van der Waals surface area (Å²) in [6.45, 7) is 3.03. The van der Waals surface area contributed by atoms with E-state index >= 15 is 0 Å². The van der Waals surface area contributed by atoms with E-state index in [1.165, 1.54) is 0 Å². The van der Waals surface area contributed by atoms with E-state index in [0.29, 0.717) is 25.3 Å². The zero-order valence-corrected chi connectivity index (χ0v) is 30.2. The number of aromatic nitrogens is 4. The van der Waals surface area contributed by atoms with Gasteiger partial charge in [0.15, 0.2) is 5.82 Å². The number of piperazine rings is 1. The molecule has 0 aliphatic carbocycles. The van der Waals surface area contributed by atoms with Gasteiger partial charge in [-0.1, -0.05) is 36.7 Å². The number of ether oxygens (including phenoxy) is 1. The van der Waals surface area contributed by atoms with Gasteiger partial charge in [-0.2, -0.15) is 22.7 Å². The molecule has 2 aliphatic rings. The monoisotopic (exact) mass is 780 g/mol. The fraction of sp³-hybridized carbons (Fsp3) is 0.306. The number of fused-ring (bicyclic) bond motifs is 1. The minimum absolute atomic E-state index is 0.0299. The quantitative estimate of drug-likeness (QED) is 0.136. The van der Waals surface area contributed by atoms with Crippen LogP contribution in [-0.2, 0) is 33.5 Å². The highest BCUT2D eigenvalue weighted by molar-refractivity contribution is 6.33. The third kappa shape index (κ3) is 8.24. The average molecular weight is 781 g/mol. The van der Waals surface area contributed by atoms with Crippen LogP contribution in [0.4, 0.5) is 30.2 Å². The molecule has 4 heterocycles. The Balaban J connectivity index is 1.30. The van der Waals surface area contributed by atoms with Crippen LogP contribution in [0.2, 0.25) is 5.02 Å². The molecule has 0 saturated carbocycles. The van der Waals surface area contributed by atoms with Gasteiger partial charge in [0.05, 0.1) is 52.1 Å². The minimum atomic E-state index is -4.62. The first kappa shape index (κ1) is 38.7. The predicted octanol–water partition coefficient (Wildman–Crippen LogP) is 3.96. The number of alkyl halides is 3. The fourth-order valence-electron chi connectivity index (χ4n) is 6.36. The van der Waals surface area contributed by atoms with E-state index in [2.05, 4.69) is 20.7 Å². The van der Waals surface area contributed by atoms with Crippen LogP contribution >= 0.6 is 11.6 Å². The van der Waals surface area contributed by atoms with Crippen LogP contribution in [-0.4, -0.2) is 87.4 Å². The number of carbonyl (C=O) groups excluding carboxylic acids is 3. The van der Waals surface area contributed by atoms with E-state index in [-0.39, 0.29) is 83.5 Å². The molecule has 0 unspecified atom stereocenters. The van der Waals surface area contributed by atoms with Crippen molar-refractivity contribution in [1.82, 2.24) is 24.1 Å². The molecular weight excluding hydrogens is 745 g/mol. The molecule has 3 amide bonds. The lowest BCUT2D eigenvalue weighted by Crippen LogP contribution is -2.51. The number of hydrogen-bond acceptors (Lipinski definition) is 10. The molecule has 55 heavy (non-hydrogen) atoms. The molecule has 0 atom stereocenters. The SMILES string of the molecule is CCc1c(N2CCN(C(=O)c3ccccc3NC(=O)/C(N)=C/C=N)CC2)c(=O)n2nc(C3=CCOCC3)nc2n1CC(=O)Nc1ccc(C(F)(F)F)cc1Cl. The molecule has 15 nitrogen and oxygen atoms in total. The van der Waals surface area contributed by atoms with Crippen molar-refractivity contribution in [3.8, 4) is 0 Å². The zero-order valence-electron chi connectivity index (χ0n) is 29.5. The molecular formula is C36H36ClF3N10O5. The molecule has 2 aromatic carbocycles. The summed E-state index contributed by atoms with van der Waals surface area (Å²) in [6, 6.07) is 9.06. The summed E-state index contributed by atoms with van der Waals surface area (Å²) >= 11 is 6.13. The molecule has 0 bridgehead atoms. The molecule has 1 fully saturated rings. The highest BCUT2D eigenvalue weighted by atomic mass is 35.5. The van der Waals surface area contributed by atoms with E-state index in [0.717, 1.165) is 40.6 Å². The molecule has 2 aromatic heterocycles. The van der Waals surface area contributed by atoms with E-state index in [4.69, 9.17) is 27.5 Å². The van der Waals surface area contributed by atoms with Crippen molar-refractivity contribution in [3.63, 3.8) is 0 Å². The standard InChI is InChI=1S/C36H36ClF3N10O5/c1-2-28-30(47-13-15-48(16-14-47)33(53)23-5-3-4-6-26(23)44-32(52)25(42)9-12-41)34(54)50-35(45-31(46-50)21-10-17-55-18-11-21)49(28)20-29(51)43-27-8-7-22(19-24(27)37)36(38,39)40/h3-10,12,19,41H,2,11,13-18,20,42H2,1H3,(H,43,51)(H,44,52)/b25-9-,41-12?. The predicted molar refractivity (Wildman–Crippen MR) is 199 cm³/mol.